The standard InChI is InChI=1S/C3H7.F6P.Fe/c1-3-2;1-7(2,3,4,5)6;/h3H,1-2H3;;/q2*-1;+2. The molecule has 0 amide bonds. The van der Waals surface area contributed by atoms with Gasteiger partial charge in [0.25, 0.3) is 0 Å². The van der Waals surface area contributed by atoms with Gasteiger partial charge >= 0.3 is 50.1 Å². The summed E-state index contributed by atoms with van der Waals surface area (Å²) >= 11 is 0. The number of hydrogen-bond acceptors (Lipinski definition) is 0. The van der Waals surface area contributed by atoms with Gasteiger partial charge < -0.3 is 6.42 Å². The quantitative estimate of drug-likeness (QED) is 0.252. The van der Waals surface area contributed by atoms with Crippen LogP contribution in [0.15, 0.2) is 0 Å². The Balaban J connectivity index is -0.000000140. The van der Waals surface area contributed by atoms with Crippen molar-refractivity contribution in [1.82, 2.24) is 0 Å². The van der Waals surface area contributed by atoms with Crippen molar-refractivity contribution in [2.45, 2.75) is 13.8 Å². The Morgan fingerprint density at radius 2 is 0.818 bits per heavy atom. The zero-order valence-corrected chi connectivity index (χ0v) is 7.64. The zero-order chi connectivity index (χ0) is 9.12. The van der Waals surface area contributed by atoms with Crippen LogP contribution in [0, 0.1) is 6.42 Å². The summed E-state index contributed by atoms with van der Waals surface area (Å²) in [5, 5.41) is 0. The summed E-state index contributed by atoms with van der Waals surface area (Å²) < 4.78 is 59.2. The summed E-state index contributed by atoms with van der Waals surface area (Å²) in [6, 6.07) is 0. The molecule has 0 aromatic heterocycles. The molecule has 0 heterocycles. The van der Waals surface area contributed by atoms with Gasteiger partial charge in [-0.25, -0.2) is 0 Å². The van der Waals surface area contributed by atoms with Gasteiger partial charge in [0, 0.05) is 0 Å². The second-order valence-corrected chi connectivity index (χ2v) is 3.45. The Morgan fingerprint density at radius 3 is 0.818 bits per heavy atom. The van der Waals surface area contributed by atoms with E-state index in [9.17, 15) is 25.2 Å². The summed E-state index contributed by atoms with van der Waals surface area (Å²) in [5.74, 6) is 0. The van der Waals surface area contributed by atoms with Crippen LogP contribution in [0.5, 0.6) is 0 Å². The van der Waals surface area contributed by atoms with E-state index < -0.39 is 7.81 Å². The molecule has 0 bridgehead atoms. The van der Waals surface area contributed by atoms with Gasteiger partial charge in [-0.15, -0.1) is 0 Å². The molecule has 0 saturated carbocycles. The maximum atomic E-state index is 9.87. The van der Waals surface area contributed by atoms with Gasteiger partial charge in [-0.3, -0.25) is 0 Å². The van der Waals surface area contributed by atoms with Crippen LogP contribution in [0.25, 0.3) is 0 Å². The van der Waals surface area contributed by atoms with Crippen LogP contribution in [-0.2, 0) is 17.1 Å². The molecule has 0 nitrogen and oxygen atoms in total. The van der Waals surface area contributed by atoms with Crippen molar-refractivity contribution in [3.8, 4) is 0 Å². The van der Waals surface area contributed by atoms with E-state index in [4.69, 9.17) is 0 Å². The van der Waals surface area contributed by atoms with E-state index in [-0.39, 0.29) is 17.1 Å². The predicted molar refractivity (Wildman–Crippen MR) is 29.2 cm³/mol. The van der Waals surface area contributed by atoms with Crippen LogP contribution in [0.3, 0.4) is 0 Å². The molecule has 0 aromatic carbocycles. The first-order valence-electron chi connectivity index (χ1n) is 2.17. The summed E-state index contributed by atoms with van der Waals surface area (Å²) in [5.41, 5.74) is 0. The summed E-state index contributed by atoms with van der Waals surface area (Å²) in [6.45, 7) is 4.00. The predicted octanol–water partition coefficient (Wildman–Crippen LogP) is 4.61. The molecule has 0 atom stereocenters. The van der Waals surface area contributed by atoms with Crippen molar-refractivity contribution in [3.63, 3.8) is 0 Å². The van der Waals surface area contributed by atoms with Gasteiger partial charge in [0.05, 0.1) is 0 Å². The van der Waals surface area contributed by atoms with Crippen LogP contribution < -0.4 is 0 Å². The molecule has 0 radical (unpaired) electrons. The normalized spacial score (nSPS) is 16.4. The summed E-state index contributed by atoms with van der Waals surface area (Å²) in [6.07, 6.45) is 2.00. The van der Waals surface area contributed by atoms with Crippen LogP contribution in [0.1, 0.15) is 13.8 Å². The first-order chi connectivity index (χ1) is 3.86. The van der Waals surface area contributed by atoms with Crippen molar-refractivity contribution in [1.29, 1.82) is 0 Å². The van der Waals surface area contributed by atoms with Gasteiger partial charge in [0.15, 0.2) is 0 Å². The third-order valence-electron chi connectivity index (χ3n) is 0. The van der Waals surface area contributed by atoms with Gasteiger partial charge in [-0.05, 0) is 0 Å². The average molecular weight is 244 g/mol. The van der Waals surface area contributed by atoms with Crippen LogP contribution in [0.2, 0.25) is 0 Å². The molecule has 0 fully saturated rings. The van der Waals surface area contributed by atoms with Crippen LogP contribution >= 0.6 is 7.81 Å². The minimum absolute atomic E-state index is 0. The van der Waals surface area contributed by atoms with E-state index in [1.54, 1.807) is 0 Å². The molecule has 0 aromatic rings. The van der Waals surface area contributed by atoms with Crippen LogP contribution in [-0.4, -0.2) is 0 Å². The molecular weight excluding hydrogens is 237 g/mol. The van der Waals surface area contributed by atoms with Crippen molar-refractivity contribution in [2.75, 3.05) is 0 Å². The molecule has 0 spiro atoms. The summed E-state index contributed by atoms with van der Waals surface area (Å²) in [4.78, 5) is 0. The van der Waals surface area contributed by atoms with Gasteiger partial charge in [0.2, 0.25) is 0 Å². The third-order valence-corrected chi connectivity index (χ3v) is 0. The number of hydrogen-bond donors (Lipinski definition) is 0. The SMILES string of the molecule is C[CH-]C.F[P-](F)(F)(F)(F)F.[Fe+2]. The Morgan fingerprint density at radius 1 is 0.818 bits per heavy atom. The first kappa shape index (κ1) is 17.6. The Labute approximate surface area is 71.1 Å². The van der Waals surface area contributed by atoms with E-state index in [1.807, 2.05) is 20.3 Å². The van der Waals surface area contributed by atoms with Gasteiger partial charge in [-0.1, -0.05) is 0 Å². The largest absolute Gasteiger partial charge is 2.00 e. The van der Waals surface area contributed by atoms with Crippen molar-refractivity contribution in [2.24, 2.45) is 0 Å². The molecular formula is C3H7F6FeP. The number of halogens is 6. The molecule has 0 aliphatic heterocycles. The van der Waals surface area contributed by atoms with E-state index >= 15 is 0 Å². The fourth-order valence-corrected chi connectivity index (χ4v) is 0. The Kier molecular flexibility index (Phi) is 5.59. The third kappa shape index (κ3) is 2730. The minimum Gasteiger partial charge on any atom is 2.00 e. The van der Waals surface area contributed by atoms with Crippen molar-refractivity contribution < 1.29 is 42.3 Å². The molecule has 0 aliphatic carbocycles. The van der Waals surface area contributed by atoms with E-state index in [0.29, 0.717) is 0 Å². The molecule has 0 unspecified atom stereocenters. The van der Waals surface area contributed by atoms with E-state index in [1.165, 1.54) is 0 Å². The van der Waals surface area contributed by atoms with Crippen LogP contribution in [0.4, 0.5) is 25.2 Å². The van der Waals surface area contributed by atoms with E-state index in [0.717, 1.165) is 0 Å². The van der Waals surface area contributed by atoms with E-state index in [2.05, 4.69) is 0 Å². The molecule has 0 N–H and O–H groups in total. The average Bonchev–Trinajstić information content (AvgIpc) is 1.20. The zero-order valence-electron chi connectivity index (χ0n) is 5.65. The smallest absolute Gasteiger partial charge is 2.00 e. The fraction of sp³-hybridized carbons (Fsp3) is 0.667. The van der Waals surface area contributed by atoms with Crippen molar-refractivity contribution in [3.05, 3.63) is 6.42 Å². The molecule has 0 rings (SSSR count). The Bertz CT molecular complexity index is 87.2. The Hall–Kier alpha value is 0.529. The second-order valence-electron chi connectivity index (χ2n) is 1.54. The topological polar surface area (TPSA) is 0 Å². The molecule has 74 valence electrons. The van der Waals surface area contributed by atoms with Gasteiger partial charge in [-0.2, -0.15) is 13.8 Å². The number of rotatable bonds is 0. The monoisotopic (exact) mass is 244 g/mol. The van der Waals surface area contributed by atoms with Crippen molar-refractivity contribution >= 4 is 7.81 Å². The maximum absolute atomic E-state index is 10.7. The second kappa shape index (κ2) is 3.50. The molecule has 0 aliphatic rings. The minimum atomic E-state index is -10.7. The molecule has 11 heavy (non-hydrogen) atoms. The summed E-state index contributed by atoms with van der Waals surface area (Å²) in [7, 11) is -10.7. The maximum Gasteiger partial charge on any atom is 2.00 e. The fourth-order valence-electron chi connectivity index (χ4n) is 0. The molecule has 8 heteroatoms. The first-order valence-corrected chi connectivity index (χ1v) is 4.20. The van der Waals surface area contributed by atoms with Gasteiger partial charge in [0.1, 0.15) is 0 Å². The molecule has 0 saturated heterocycles.